The lowest BCUT2D eigenvalue weighted by Crippen LogP contribution is -2.29. The van der Waals surface area contributed by atoms with Crippen LogP contribution in [0.3, 0.4) is 0 Å². The van der Waals surface area contributed by atoms with E-state index in [0.29, 0.717) is 24.2 Å². The van der Waals surface area contributed by atoms with Gasteiger partial charge in [0.2, 0.25) is 11.8 Å². The summed E-state index contributed by atoms with van der Waals surface area (Å²) in [5.41, 5.74) is 0.851. The highest BCUT2D eigenvalue weighted by atomic mass is 16.4. The predicted molar refractivity (Wildman–Crippen MR) is 90.0 cm³/mol. The number of benzene rings is 1. The third-order valence-corrected chi connectivity index (χ3v) is 3.66. The van der Waals surface area contributed by atoms with Gasteiger partial charge in [0.05, 0.1) is 0 Å². The zero-order valence-electron chi connectivity index (χ0n) is 13.7. The average Bonchev–Trinajstić information content (AvgIpc) is 3.42. The summed E-state index contributed by atoms with van der Waals surface area (Å²) in [4.78, 5) is 45.3. The SMILES string of the molecule is O=C(O)CNC(=O)c1ccc(NC(=O)CCCNC(=O)C2CC2)cc1. The van der Waals surface area contributed by atoms with Crippen molar-refractivity contribution < 1.29 is 24.3 Å². The van der Waals surface area contributed by atoms with Crippen LogP contribution >= 0.6 is 0 Å². The summed E-state index contributed by atoms with van der Waals surface area (Å²) in [7, 11) is 0. The van der Waals surface area contributed by atoms with Crippen molar-refractivity contribution in [3.8, 4) is 0 Å². The van der Waals surface area contributed by atoms with E-state index in [9.17, 15) is 19.2 Å². The Hall–Kier alpha value is -2.90. The van der Waals surface area contributed by atoms with E-state index < -0.39 is 18.4 Å². The second-order valence-electron chi connectivity index (χ2n) is 5.87. The van der Waals surface area contributed by atoms with E-state index in [1.54, 1.807) is 12.1 Å². The molecule has 0 bridgehead atoms. The molecule has 3 amide bonds. The average molecular weight is 347 g/mol. The summed E-state index contributed by atoms with van der Waals surface area (Å²) in [6.07, 6.45) is 2.75. The van der Waals surface area contributed by atoms with Crippen molar-refractivity contribution in [1.29, 1.82) is 0 Å². The van der Waals surface area contributed by atoms with Crippen molar-refractivity contribution in [3.63, 3.8) is 0 Å². The second kappa shape index (κ2) is 8.81. The monoisotopic (exact) mass is 347 g/mol. The van der Waals surface area contributed by atoms with Gasteiger partial charge < -0.3 is 21.1 Å². The van der Waals surface area contributed by atoms with Crippen LogP contribution in [0.4, 0.5) is 5.69 Å². The first-order chi connectivity index (χ1) is 12.0. The molecule has 134 valence electrons. The topological polar surface area (TPSA) is 125 Å². The van der Waals surface area contributed by atoms with E-state index in [1.165, 1.54) is 12.1 Å². The maximum Gasteiger partial charge on any atom is 0.322 e. The smallest absolute Gasteiger partial charge is 0.322 e. The van der Waals surface area contributed by atoms with E-state index in [0.717, 1.165) is 12.8 Å². The Kier molecular flexibility index (Phi) is 6.50. The Labute approximate surface area is 145 Å². The molecule has 2 rings (SSSR count). The maximum atomic E-state index is 11.8. The van der Waals surface area contributed by atoms with Gasteiger partial charge in [-0.05, 0) is 43.5 Å². The summed E-state index contributed by atoms with van der Waals surface area (Å²) in [5, 5.41) is 16.3. The molecule has 0 spiro atoms. The lowest BCUT2D eigenvalue weighted by atomic mass is 10.2. The van der Waals surface area contributed by atoms with Gasteiger partial charge in [-0.2, -0.15) is 0 Å². The maximum absolute atomic E-state index is 11.8. The van der Waals surface area contributed by atoms with Gasteiger partial charge in [0.25, 0.3) is 5.91 Å². The van der Waals surface area contributed by atoms with E-state index in [4.69, 9.17) is 5.11 Å². The van der Waals surface area contributed by atoms with Crippen molar-refractivity contribution >= 4 is 29.4 Å². The van der Waals surface area contributed by atoms with Gasteiger partial charge in [-0.1, -0.05) is 0 Å². The van der Waals surface area contributed by atoms with Crippen LogP contribution in [0, 0.1) is 5.92 Å². The predicted octanol–water partition coefficient (Wildman–Crippen LogP) is 0.746. The number of hydrogen-bond acceptors (Lipinski definition) is 4. The van der Waals surface area contributed by atoms with Gasteiger partial charge in [0, 0.05) is 30.1 Å². The first-order valence-corrected chi connectivity index (χ1v) is 8.13. The molecule has 8 nitrogen and oxygen atoms in total. The lowest BCUT2D eigenvalue weighted by molar-refractivity contribution is -0.135. The third-order valence-electron chi connectivity index (χ3n) is 3.66. The minimum absolute atomic E-state index is 0.0668. The van der Waals surface area contributed by atoms with Crippen molar-refractivity contribution in [3.05, 3.63) is 29.8 Å². The molecule has 0 saturated heterocycles. The summed E-state index contributed by atoms with van der Waals surface area (Å²) >= 11 is 0. The number of amides is 3. The molecule has 0 heterocycles. The summed E-state index contributed by atoms with van der Waals surface area (Å²) in [5.74, 6) is -1.56. The molecule has 1 saturated carbocycles. The summed E-state index contributed by atoms with van der Waals surface area (Å²) in [6, 6.07) is 6.15. The Morgan fingerprint density at radius 3 is 2.32 bits per heavy atom. The molecular formula is C17H21N3O5. The first-order valence-electron chi connectivity index (χ1n) is 8.13. The number of carbonyl (C=O) groups excluding carboxylic acids is 3. The molecular weight excluding hydrogens is 326 g/mol. The van der Waals surface area contributed by atoms with Crippen LogP contribution in [0.2, 0.25) is 0 Å². The van der Waals surface area contributed by atoms with Gasteiger partial charge in [0.15, 0.2) is 0 Å². The summed E-state index contributed by atoms with van der Waals surface area (Å²) in [6.45, 7) is 0.0278. The van der Waals surface area contributed by atoms with Gasteiger partial charge in [-0.25, -0.2) is 0 Å². The molecule has 0 radical (unpaired) electrons. The highest BCUT2D eigenvalue weighted by Crippen LogP contribution is 2.28. The third kappa shape index (κ3) is 6.62. The zero-order valence-corrected chi connectivity index (χ0v) is 13.7. The molecule has 0 aromatic heterocycles. The van der Waals surface area contributed by atoms with Crippen LogP contribution in [-0.2, 0) is 14.4 Å². The molecule has 0 unspecified atom stereocenters. The van der Waals surface area contributed by atoms with E-state index >= 15 is 0 Å². The van der Waals surface area contributed by atoms with Gasteiger partial charge >= 0.3 is 5.97 Å². The number of hydrogen-bond donors (Lipinski definition) is 4. The van der Waals surface area contributed by atoms with Crippen LogP contribution in [0.1, 0.15) is 36.0 Å². The number of carboxylic acid groups (broad SMARTS) is 1. The minimum atomic E-state index is -1.12. The van der Waals surface area contributed by atoms with Crippen molar-refractivity contribution in [2.45, 2.75) is 25.7 Å². The molecule has 0 aliphatic heterocycles. The molecule has 1 fully saturated rings. The minimum Gasteiger partial charge on any atom is -0.480 e. The number of carbonyl (C=O) groups is 4. The van der Waals surface area contributed by atoms with Crippen molar-refractivity contribution in [2.24, 2.45) is 5.92 Å². The lowest BCUT2D eigenvalue weighted by Gasteiger charge is -2.07. The Bertz CT molecular complexity index is 653. The van der Waals surface area contributed by atoms with E-state index in [2.05, 4.69) is 16.0 Å². The standard InChI is InChI=1S/C17H21N3O5/c21-14(2-1-9-18-16(24)11-3-4-11)20-13-7-5-12(6-8-13)17(25)19-10-15(22)23/h5-8,11H,1-4,9-10H2,(H,18,24)(H,19,25)(H,20,21)(H,22,23). The number of anilines is 1. The highest BCUT2D eigenvalue weighted by Gasteiger charge is 2.28. The van der Waals surface area contributed by atoms with Crippen LogP contribution in [0.5, 0.6) is 0 Å². The highest BCUT2D eigenvalue weighted by molar-refractivity contribution is 5.97. The fraction of sp³-hybridized carbons (Fsp3) is 0.412. The Morgan fingerprint density at radius 1 is 1.04 bits per heavy atom. The number of nitrogens with one attached hydrogen (secondary N) is 3. The Balaban J connectivity index is 1.68. The summed E-state index contributed by atoms with van der Waals surface area (Å²) < 4.78 is 0. The van der Waals surface area contributed by atoms with Crippen LogP contribution in [0.25, 0.3) is 0 Å². The van der Waals surface area contributed by atoms with Crippen LogP contribution in [0.15, 0.2) is 24.3 Å². The number of rotatable bonds is 9. The van der Waals surface area contributed by atoms with E-state index in [1.807, 2.05) is 0 Å². The van der Waals surface area contributed by atoms with E-state index in [-0.39, 0.29) is 24.2 Å². The van der Waals surface area contributed by atoms with Crippen molar-refractivity contribution in [1.82, 2.24) is 10.6 Å². The van der Waals surface area contributed by atoms with Gasteiger partial charge in [-0.3, -0.25) is 19.2 Å². The van der Waals surface area contributed by atoms with Gasteiger partial charge in [-0.15, -0.1) is 0 Å². The molecule has 4 N–H and O–H groups in total. The molecule has 0 atom stereocenters. The largest absolute Gasteiger partial charge is 0.480 e. The second-order valence-corrected chi connectivity index (χ2v) is 5.87. The Morgan fingerprint density at radius 2 is 1.72 bits per heavy atom. The zero-order chi connectivity index (χ0) is 18.2. The number of aliphatic carboxylic acids is 1. The molecule has 1 aliphatic carbocycles. The fourth-order valence-electron chi connectivity index (χ4n) is 2.14. The van der Waals surface area contributed by atoms with Crippen LogP contribution in [-0.4, -0.2) is 41.9 Å². The quantitative estimate of drug-likeness (QED) is 0.491. The van der Waals surface area contributed by atoms with Gasteiger partial charge in [0.1, 0.15) is 6.54 Å². The molecule has 1 aliphatic rings. The number of carboxylic acids is 1. The molecule has 1 aromatic rings. The first kappa shape index (κ1) is 18.4. The molecule has 25 heavy (non-hydrogen) atoms. The fourth-order valence-corrected chi connectivity index (χ4v) is 2.14. The molecule has 1 aromatic carbocycles. The van der Waals surface area contributed by atoms with Crippen molar-refractivity contribution in [2.75, 3.05) is 18.4 Å². The van der Waals surface area contributed by atoms with Crippen LogP contribution < -0.4 is 16.0 Å². The molecule has 8 heteroatoms. The normalized spacial score (nSPS) is 13.0.